The summed E-state index contributed by atoms with van der Waals surface area (Å²) in [4.78, 5) is 0. The van der Waals surface area contributed by atoms with E-state index in [4.69, 9.17) is 28.3 Å². The largest absolute Gasteiger partial charge is 0.395 e. The van der Waals surface area contributed by atoms with Crippen molar-refractivity contribution in [2.75, 3.05) is 32.8 Å². The summed E-state index contributed by atoms with van der Waals surface area (Å²) >= 11 is 12.2. The van der Waals surface area contributed by atoms with E-state index in [1.54, 1.807) is 0 Å². The Morgan fingerprint density at radius 1 is 1.25 bits per heavy atom. The molecule has 112 valence electrons. The highest BCUT2D eigenvalue weighted by Crippen LogP contribution is 2.37. The third-order valence-electron chi connectivity index (χ3n) is 4.07. The summed E-state index contributed by atoms with van der Waals surface area (Å²) in [6.07, 6.45) is 3.34. The molecule has 1 heterocycles. The topological polar surface area (TPSA) is 44.3 Å². The maximum absolute atomic E-state index is 8.84. The van der Waals surface area contributed by atoms with Crippen LogP contribution in [0.2, 0.25) is 10.0 Å². The number of hydrogen-bond donors (Lipinski definition) is 3. The van der Waals surface area contributed by atoms with Gasteiger partial charge < -0.3 is 15.7 Å². The lowest BCUT2D eigenvalue weighted by Crippen LogP contribution is -2.45. The van der Waals surface area contributed by atoms with Crippen molar-refractivity contribution in [3.8, 4) is 0 Å². The van der Waals surface area contributed by atoms with Crippen molar-refractivity contribution in [2.24, 2.45) is 0 Å². The minimum atomic E-state index is 0.106. The summed E-state index contributed by atoms with van der Waals surface area (Å²) in [5, 5.41) is 16.8. The molecule has 1 aliphatic heterocycles. The fourth-order valence-electron chi connectivity index (χ4n) is 2.93. The van der Waals surface area contributed by atoms with Crippen LogP contribution in [0.3, 0.4) is 0 Å². The van der Waals surface area contributed by atoms with Gasteiger partial charge in [-0.25, -0.2) is 0 Å². The number of aliphatic hydroxyl groups excluding tert-OH is 1. The second kappa shape index (κ2) is 7.62. The smallest absolute Gasteiger partial charge is 0.0595 e. The average Bonchev–Trinajstić information content (AvgIpc) is 2.47. The first-order valence-electron chi connectivity index (χ1n) is 7.16. The van der Waals surface area contributed by atoms with Gasteiger partial charge in [-0.05, 0) is 50.0 Å². The molecule has 0 aromatic heterocycles. The molecule has 0 bridgehead atoms. The third-order valence-corrected chi connectivity index (χ3v) is 4.81. The van der Waals surface area contributed by atoms with Crippen LogP contribution < -0.4 is 10.6 Å². The van der Waals surface area contributed by atoms with E-state index < -0.39 is 0 Å². The van der Waals surface area contributed by atoms with Crippen molar-refractivity contribution in [1.82, 2.24) is 10.6 Å². The van der Waals surface area contributed by atoms with Gasteiger partial charge in [0.25, 0.3) is 0 Å². The molecule has 0 unspecified atom stereocenters. The fraction of sp³-hybridized carbons (Fsp3) is 0.600. The van der Waals surface area contributed by atoms with Crippen molar-refractivity contribution < 1.29 is 5.11 Å². The van der Waals surface area contributed by atoms with Crippen LogP contribution in [0.15, 0.2) is 18.2 Å². The molecular formula is C15H22Cl2N2O. The number of aliphatic hydroxyl groups is 1. The monoisotopic (exact) mass is 316 g/mol. The number of rotatable bonds is 6. The zero-order valence-corrected chi connectivity index (χ0v) is 13.1. The number of piperidine rings is 1. The summed E-state index contributed by atoms with van der Waals surface area (Å²) in [6, 6.07) is 5.98. The van der Waals surface area contributed by atoms with Crippen LogP contribution in [0.25, 0.3) is 0 Å². The number of nitrogens with one attached hydrogen (secondary N) is 2. The van der Waals surface area contributed by atoms with Crippen molar-refractivity contribution in [3.63, 3.8) is 0 Å². The molecule has 1 saturated heterocycles. The minimum Gasteiger partial charge on any atom is -0.395 e. The molecular weight excluding hydrogens is 295 g/mol. The highest BCUT2D eigenvalue weighted by atomic mass is 35.5. The molecule has 20 heavy (non-hydrogen) atoms. The van der Waals surface area contributed by atoms with Crippen molar-refractivity contribution in [1.29, 1.82) is 0 Å². The standard InChI is InChI=1S/C15H22Cl2N2O/c16-13-3-2-12(10-14(13)17)15(4-1-6-19-11-15)5-7-18-8-9-20/h2-3,10,18-20H,1,4-9,11H2/t15-/m1/s1. The van der Waals surface area contributed by atoms with E-state index in [0.29, 0.717) is 16.6 Å². The molecule has 5 heteroatoms. The Balaban J connectivity index is 2.14. The Morgan fingerprint density at radius 3 is 2.75 bits per heavy atom. The normalized spacial score (nSPS) is 22.9. The zero-order valence-electron chi connectivity index (χ0n) is 11.6. The van der Waals surface area contributed by atoms with Crippen molar-refractivity contribution >= 4 is 23.2 Å². The maximum Gasteiger partial charge on any atom is 0.0595 e. The molecule has 0 amide bonds. The molecule has 0 radical (unpaired) electrons. The van der Waals surface area contributed by atoms with Gasteiger partial charge in [0.05, 0.1) is 16.7 Å². The van der Waals surface area contributed by atoms with Crippen LogP contribution in [0.4, 0.5) is 0 Å². The van der Waals surface area contributed by atoms with E-state index in [1.807, 2.05) is 12.1 Å². The summed E-state index contributed by atoms with van der Waals surface area (Å²) in [7, 11) is 0. The van der Waals surface area contributed by atoms with Crippen molar-refractivity contribution in [3.05, 3.63) is 33.8 Å². The third kappa shape index (κ3) is 3.86. The van der Waals surface area contributed by atoms with E-state index in [1.165, 1.54) is 12.0 Å². The maximum atomic E-state index is 8.84. The van der Waals surface area contributed by atoms with E-state index in [-0.39, 0.29) is 12.0 Å². The van der Waals surface area contributed by atoms with Gasteiger partial charge in [0.2, 0.25) is 0 Å². The van der Waals surface area contributed by atoms with E-state index in [0.717, 1.165) is 32.5 Å². The van der Waals surface area contributed by atoms with Crippen LogP contribution in [0.1, 0.15) is 24.8 Å². The van der Waals surface area contributed by atoms with E-state index in [2.05, 4.69) is 16.7 Å². The Morgan fingerprint density at radius 2 is 2.10 bits per heavy atom. The Bertz CT molecular complexity index is 434. The highest BCUT2D eigenvalue weighted by molar-refractivity contribution is 6.42. The van der Waals surface area contributed by atoms with Gasteiger partial charge in [-0.3, -0.25) is 0 Å². The molecule has 1 fully saturated rings. The lowest BCUT2D eigenvalue weighted by molar-refractivity contribution is 0.270. The second-order valence-corrected chi connectivity index (χ2v) is 6.23. The molecule has 1 aromatic carbocycles. The van der Waals surface area contributed by atoms with Crippen LogP contribution in [0.5, 0.6) is 0 Å². The lowest BCUT2D eigenvalue weighted by Gasteiger charge is -2.38. The van der Waals surface area contributed by atoms with E-state index >= 15 is 0 Å². The summed E-state index contributed by atoms with van der Waals surface area (Å²) in [5.41, 5.74) is 1.36. The quantitative estimate of drug-likeness (QED) is 0.707. The molecule has 0 spiro atoms. The van der Waals surface area contributed by atoms with Crippen LogP contribution in [0, 0.1) is 0 Å². The number of halogens is 2. The van der Waals surface area contributed by atoms with Gasteiger partial charge in [-0.1, -0.05) is 29.3 Å². The first-order valence-corrected chi connectivity index (χ1v) is 7.91. The molecule has 1 aliphatic rings. The molecule has 0 saturated carbocycles. The number of hydrogen-bond acceptors (Lipinski definition) is 3. The van der Waals surface area contributed by atoms with Crippen LogP contribution in [-0.2, 0) is 5.41 Å². The summed E-state index contributed by atoms with van der Waals surface area (Å²) in [6.45, 7) is 3.75. The Labute approximate surface area is 130 Å². The van der Waals surface area contributed by atoms with Crippen LogP contribution >= 0.6 is 23.2 Å². The first kappa shape index (κ1) is 16.1. The minimum absolute atomic E-state index is 0.106. The first-order chi connectivity index (χ1) is 9.68. The molecule has 1 aromatic rings. The van der Waals surface area contributed by atoms with E-state index in [9.17, 15) is 0 Å². The lowest BCUT2D eigenvalue weighted by atomic mass is 9.72. The number of benzene rings is 1. The van der Waals surface area contributed by atoms with Gasteiger partial charge in [-0.2, -0.15) is 0 Å². The zero-order chi connectivity index (χ0) is 14.4. The Kier molecular flexibility index (Phi) is 6.12. The highest BCUT2D eigenvalue weighted by Gasteiger charge is 2.33. The van der Waals surface area contributed by atoms with Gasteiger partial charge >= 0.3 is 0 Å². The van der Waals surface area contributed by atoms with Crippen molar-refractivity contribution in [2.45, 2.75) is 24.7 Å². The fourth-order valence-corrected chi connectivity index (χ4v) is 3.23. The predicted molar refractivity (Wildman–Crippen MR) is 84.8 cm³/mol. The van der Waals surface area contributed by atoms with Gasteiger partial charge in [0.1, 0.15) is 0 Å². The average molecular weight is 317 g/mol. The molecule has 2 rings (SSSR count). The van der Waals surface area contributed by atoms with Crippen LogP contribution in [-0.4, -0.2) is 37.9 Å². The van der Waals surface area contributed by atoms with Gasteiger partial charge in [-0.15, -0.1) is 0 Å². The molecule has 3 nitrogen and oxygen atoms in total. The SMILES string of the molecule is OCCNCC[C@]1(c2ccc(Cl)c(Cl)c2)CCCNC1. The predicted octanol–water partition coefficient (Wildman–Crippen LogP) is 2.59. The summed E-state index contributed by atoms with van der Waals surface area (Å²) in [5.74, 6) is 0. The van der Waals surface area contributed by atoms with Gasteiger partial charge in [0, 0.05) is 18.5 Å². The summed E-state index contributed by atoms with van der Waals surface area (Å²) < 4.78 is 0. The molecule has 0 aliphatic carbocycles. The Hall–Kier alpha value is -0.320. The second-order valence-electron chi connectivity index (χ2n) is 5.41. The molecule has 3 N–H and O–H groups in total. The van der Waals surface area contributed by atoms with Gasteiger partial charge in [0.15, 0.2) is 0 Å². The molecule has 1 atom stereocenters.